The number of rotatable bonds is 2. The molecule has 0 bridgehead atoms. The first-order valence-electron chi connectivity index (χ1n) is 9.52. The number of hydrogen-bond donors (Lipinski definition) is 0. The molecule has 0 N–H and O–H groups in total. The molecule has 0 saturated carbocycles. The lowest BCUT2D eigenvalue weighted by Gasteiger charge is -2.37. The van der Waals surface area contributed by atoms with Crippen LogP contribution in [-0.4, -0.2) is 45.2 Å². The average molecular weight is 351 g/mol. The van der Waals surface area contributed by atoms with Crippen molar-refractivity contribution in [1.82, 2.24) is 4.90 Å². The second-order valence-electron chi connectivity index (χ2n) is 7.36. The van der Waals surface area contributed by atoms with Crippen LogP contribution in [0, 0.1) is 18.3 Å². The lowest BCUT2D eigenvalue weighted by atomic mass is 9.82. The molecule has 3 rings (SSSR count). The molecule has 0 spiro atoms. The van der Waals surface area contributed by atoms with Gasteiger partial charge in [0.05, 0.1) is 13.2 Å². The molecule has 2 unspecified atom stereocenters. The van der Waals surface area contributed by atoms with E-state index in [9.17, 15) is 0 Å². The third-order valence-electron chi connectivity index (χ3n) is 5.74. The van der Waals surface area contributed by atoms with Crippen LogP contribution in [0.4, 0.5) is 5.69 Å². The van der Waals surface area contributed by atoms with Gasteiger partial charge in [0.2, 0.25) is 0 Å². The van der Waals surface area contributed by atoms with E-state index in [-0.39, 0.29) is 5.92 Å². The molecule has 0 fully saturated rings. The summed E-state index contributed by atoms with van der Waals surface area (Å²) >= 11 is 0. The van der Waals surface area contributed by atoms with Crippen molar-refractivity contribution >= 4 is 5.69 Å². The fourth-order valence-electron chi connectivity index (χ4n) is 4.26. The first-order chi connectivity index (χ1) is 12.6. The quantitative estimate of drug-likeness (QED) is 0.752. The first-order valence-corrected chi connectivity index (χ1v) is 9.52. The number of fused-ring (bicyclic) bond motifs is 1. The van der Waals surface area contributed by atoms with Gasteiger partial charge >= 0.3 is 0 Å². The Morgan fingerprint density at radius 3 is 2.81 bits per heavy atom. The molecule has 1 aromatic carbocycles. The molecule has 0 aromatic heterocycles. The monoisotopic (exact) mass is 350 g/mol. The molecule has 2 atom stereocenters. The molecule has 1 aromatic rings. The smallest absolute Gasteiger partial charge is 0.119 e. The maximum Gasteiger partial charge on any atom is 0.119 e. The molecule has 26 heavy (non-hydrogen) atoms. The SMILES string of the molecule is C#CC1CC=CC2=C1CN(C)CCc1cc(OC)ccc1N(C)C2CC. The topological polar surface area (TPSA) is 15.7 Å². The Labute approximate surface area is 158 Å². The number of hydrogen-bond acceptors (Lipinski definition) is 3. The summed E-state index contributed by atoms with van der Waals surface area (Å²) in [4.78, 5) is 4.83. The van der Waals surface area contributed by atoms with Crippen molar-refractivity contribution in [3.05, 3.63) is 47.1 Å². The Bertz CT molecular complexity index is 756. The fraction of sp³-hybridized carbons (Fsp3) is 0.478. The van der Waals surface area contributed by atoms with Crippen LogP contribution < -0.4 is 9.64 Å². The Kier molecular flexibility index (Phi) is 5.74. The van der Waals surface area contributed by atoms with Gasteiger partial charge < -0.3 is 14.5 Å². The second kappa shape index (κ2) is 8.01. The minimum atomic E-state index is 0.217. The lowest BCUT2D eigenvalue weighted by Crippen LogP contribution is -2.38. The molecule has 0 saturated heterocycles. The van der Waals surface area contributed by atoms with E-state index in [4.69, 9.17) is 11.2 Å². The molecule has 1 heterocycles. The van der Waals surface area contributed by atoms with Crippen molar-refractivity contribution in [3.8, 4) is 18.1 Å². The summed E-state index contributed by atoms with van der Waals surface area (Å²) < 4.78 is 5.46. The standard InChI is InChI=1S/C23H30N2O/c1-6-17-9-8-10-20-21(17)16-24(3)14-13-18-15-19(26-5)11-12-23(18)25(4)22(20)7-2/h1,8,10-12,15,17,22H,7,9,13-14,16H2,2-5H3. The molecule has 2 aliphatic rings. The van der Waals surface area contributed by atoms with Crippen molar-refractivity contribution in [1.29, 1.82) is 0 Å². The Morgan fingerprint density at radius 2 is 2.12 bits per heavy atom. The van der Waals surface area contributed by atoms with Gasteiger partial charge in [-0.3, -0.25) is 0 Å². The Morgan fingerprint density at radius 1 is 1.31 bits per heavy atom. The number of benzene rings is 1. The van der Waals surface area contributed by atoms with Gasteiger partial charge in [-0.2, -0.15) is 0 Å². The highest BCUT2D eigenvalue weighted by atomic mass is 16.5. The van der Waals surface area contributed by atoms with E-state index >= 15 is 0 Å². The van der Waals surface area contributed by atoms with Gasteiger partial charge in [0.1, 0.15) is 5.75 Å². The first kappa shape index (κ1) is 18.6. The average Bonchev–Trinajstić information content (AvgIpc) is 2.67. The molecule has 3 heteroatoms. The fourth-order valence-corrected chi connectivity index (χ4v) is 4.26. The highest BCUT2D eigenvalue weighted by molar-refractivity contribution is 5.59. The molecule has 1 aliphatic heterocycles. The third-order valence-corrected chi connectivity index (χ3v) is 5.74. The predicted molar refractivity (Wildman–Crippen MR) is 110 cm³/mol. The zero-order chi connectivity index (χ0) is 18.7. The van der Waals surface area contributed by atoms with Crippen LogP contribution in [0.25, 0.3) is 0 Å². The van der Waals surface area contributed by atoms with Crippen LogP contribution >= 0.6 is 0 Å². The predicted octanol–water partition coefficient (Wildman–Crippen LogP) is 3.90. The van der Waals surface area contributed by atoms with Crippen molar-refractivity contribution in [3.63, 3.8) is 0 Å². The van der Waals surface area contributed by atoms with Crippen LogP contribution in [0.15, 0.2) is 41.5 Å². The van der Waals surface area contributed by atoms with Gasteiger partial charge in [-0.15, -0.1) is 6.42 Å². The number of allylic oxidation sites excluding steroid dienone is 1. The van der Waals surface area contributed by atoms with Gasteiger partial charge in [0, 0.05) is 31.7 Å². The summed E-state index contributed by atoms with van der Waals surface area (Å²) in [6, 6.07) is 6.78. The van der Waals surface area contributed by atoms with Gasteiger partial charge in [-0.1, -0.05) is 25.0 Å². The Hall–Kier alpha value is -2.18. The van der Waals surface area contributed by atoms with Gasteiger partial charge in [-0.05, 0) is 61.2 Å². The van der Waals surface area contributed by atoms with Crippen molar-refractivity contribution in [2.24, 2.45) is 5.92 Å². The van der Waals surface area contributed by atoms with E-state index in [0.717, 1.165) is 38.1 Å². The zero-order valence-electron chi connectivity index (χ0n) is 16.5. The molecular formula is C23H30N2O. The number of nitrogens with zero attached hydrogens (tertiary/aromatic N) is 2. The molecule has 0 radical (unpaired) electrons. The number of likely N-dealkylation sites (N-methyl/N-ethyl adjacent to an activating group) is 2. The number of methoxy groups -OCH3 is 1. The van der Waals surface area contributed by atoms with Crippen LogP contribution in [-0.2, 0) is 6.42 Å². The zero-order valence-corrected chi connectivity index (χ0v) is 16.5. The Balaban J connectivity index is 2.12. The lowest BCUT2D eigenvalue weighted by molar-refractivity contribution is 0.353. The summed E-state index contributed by atoms with van der Waals surface area (Å²) in [6.45, 7) is 4.21. The van der Waals surface area contributed by atoms with E-state index in [1.54, 1.807) is 7.11 Å². The second-order valence-corrected chi connectivity index (χ2v) is 7.36. The van der Waals surface area contributed by atoms with E-state index < -0.39 is 0 Å². The van der Waals surface area contributed by atoms with Crippen molar-refractivity contribution in [2.45, 2.75) is 32.2 Å². The molecule has 1 aliphatic carbocycles. The molecule has 3 nitrogen and oxygen atoms in total. The summed E-state index contributed by atoms with van der Waals surface area (Å²) in [5, 5.41) is 0. The van der Waals surface area contributed by atoms with E-state index in [2.05, 4.69) is 67.1 Å². The van der Waals surface area contributed by atoms with Crippen LogP contribution in [0.5, 0.6) is 5.75 Å². The molecular weight excluding hydrogens is 320 g/mol. The van der Waals surface area contributed by atoms with E-state index in [1.165, 1.54) is 22.4 Å². The van der Waals surface area contributed by atoms with E-state index in [1.807, 2.05) is 0 Å². The summed E-state index contributed by atoms with van der Waals surface area (Å²) in [5.41, 5.74) is 5.46. The summed E-state index contributed by atoms with van der Waals surface area (Å²) in [7, 11) is 6.14. The maximum atomic E-state index is 5.88. The third kappa shape index (κ3) is 3.52. The normalized spacial score (nSPS) is 23.9. The van der Waals surface area contributed by atoms with Crippen LogP contribution in [0.1, 0.15) is 25.3 Å². The number of anilines is 1. The van der Waals surface area contributed by atoms with Gasteiger partial charge in [0.25, 0.3) is 0 Å². The number of terminal acetylenes is 1. The highest BCUT2D eigenvalue weighted by Crippen LogP contribution is 2.35. The molecule has 0 amide bonds. The van der Waals surface area contributed by atoms with Crippen LogP contribution in [0.2, 0.25) is 0 Å². The molecule has 138 valence electrons. The highest BCUT2D eigenvalue weighted by Gasteiger charge is 2.28. The van der Waals surface area contributed by atoms with Gasteiger partial charge in [-0.25, -0.2) is 0 Å². The minimum absolute atomic E-state index is 0.217. The summed E-state index contributed by atoms with van der Waals surface area (Å²) in [5.74, 6) is 4.17. The van der Waals surface area contributed by atoms with E-state index in [0.29, 0.717) is 6.04 Å². The number of ether oxygens (including phenoxy) is 1. The summed E-state index contributed by atoms with van der Waals surface area (Å²) in [6.07, 6.45) is 13.5. The van der Waals surface area contributed by atoms with Crippen molar-refractivity contribution < 1.29 is 4.74 Å². The minimum Gasteiger partial charge on any atom is -0.497 e. The van der Waals surface area contributed by atoms with Gasteiger partial charge in [0.15, 0.2) is 0 Å². The maximum absolute atomic E-state index is 5.88. The van der Waals surface area contributed by atoms with Crippen LogP contribution in [0.3, 0.4) is 0 Å². The largest absolute Gasteiger partial charge is 0.497 e. The van der Waals surface area contributed by atoms with Crippen molar-refractivity contribution in [2.75, 3.05) is 39.2 Å².